The highest BCUT2D eigenvalue weighted by Gasteiger charge is 2.14. The minimum atomic E-state index is -0.493. The second-order valence-electron chi connectivity index (χ2n) is 5.63. The molecule has 0 aromatic carbocycles. The average molecular weight is 358 g/mol. The number of aromatic nitrogens is 2. The summed E-state index contributed by atoms with van der Waals surface area (Å²) in [5.41, 5.74) is 6.60. The van der Waals surface area contributed by atoms with Crippen LogP contribution in [0.4, 0.5) is 5.69 Å². The Balaban J connectivity index is 1.82. The molecule has 0 unspecified atom stereocenters. The molecule has 3 aromatic rings. The fourth-order valence-corrected chi connectivity index (χ4v) is 3.12. The van der Waals surface area contributed by atoms with Crippen LogP contribution in [0, 0.1) is 13.8 Å². The largest absolute Gasteiger partial charge is 0.466 e. The zero-order valence-electron chi connectivity index (χ0n) is 13.9. The molecule has 3 N–H and O–H groups in total. The molecule has 8 heteroatoms. The first-order valence-corrected chi connectivity index (χ1v) is 8.56. The van der Waals surface area contributed by atoms with E-state index in [1.54, 1.807) is 11.3 Å². The fraction of sp³-hybridized carbons (Fsp3) is 0.235. The molecular formula is C17H18N4O3S. The standard InChI is InChI=1S/C17H18N4O3S/c1-10-6-13(11(2)24-10)15-7-14(18)17(23)21(20-15)9-16(22)19-8-12-4-3-5-25-12/h3-7H,8-9,18H2,1-2H3,(H,19,22). The second-order valence-corrected chi connectivity index (χ2v) is 6.66. The van der Waals surface area contributed by atoms with E-state index in [-0.39, 0.29) is 18.1 Å². The van der Waals surface area contributed by atoms with Crippen LogP contribution < -0.4 is 16.6 Å². The number of carbonyl (C=O) groups excluding carboxylic acids is 1. The lowest BCUT2D eigenvalue weighted by Crippen LogP contribution is -2.34. The number of amides is 1. The Bertz CT molecular complexity index is 957. The molecule has 0 fully saturated rings. The van der Waals surface area contributed by atoms with Crippen molar-refractivity contribution >= 4 is 22.9 Å². The Hall–Kier alpha value is -2.87. The summed E-state index contributed by atoms with van der Waals surface area (Å²) in [7, 11) is 0. The van der Waals surface area contributed by atoms with Gasteiger partial charge < -0.3 is 15.5 Å². The molecule has 25 heavy (non-hydrogen) atoms. The first kappa shape index (κ1) is 17.0. The highest BCUT2D eigenvalue weighted by Crippen LogP contribution is 2.25. The molecule has 0 radical (unpaired) electrons. The Morgan fingerprint density at radius 2 is 2.20 bits per heavy atom. The maximum atomic E-state index is 12.2. The Morgan fingerprint density at radius 3 is 2.84 bits per heavy atom. The number of furan rings is 1. The van der Waals surface area contributed by atoms with E-state index in [0.717, 1.165) is 20.9 Å². The van der Waals surface area contributed by atoms with Crippen LogP contribution >= 0.6 is 11.3 Å². The van der Waals surface area contributed by atoms with E-state index in [2.05, 4.69) is 10.4 Å². The normalized spacial score (nSPS) is 10.8. The van der Waals surface area contributed by atoms with Crippen LogP contribution in [0.1, 0.15) is 16.4 Å². The van der Waals surface area contributed by atoms with Crippen LogP contribution in [0.5, 0.6) is 0 Å². The van der Waals surface area contributed by atoms with Crippen LogP contribution in [0.15, 0.2) is 38.9 Å². The van der Waals surface area contributed by atoms with E-state index >= 15 is 0 Å². The van der Waals surface area contributed by atoms with Crippen molar-refractivity contribution in [2.75, 3.05) is 5.73 Å². The van der Waals surface area contributed by atoms with Gasteiger partial charge in [0, 0.05) is 10.4 Å². The molecule has 7 nitrogen and oxygen atoms in total. The summed E-state index contributed by atoms with van der Waals surface area (Å²) >= 11 is 1.55. The second kappa shape index (κ2) is 6.94. The van der Waals surface area contributed by atoms with Gasteiger partial charge in [0.15, 0.2) is 0 Å². The third kappa shape index (κ3) is 3.80. The van der Waals surface area contributed by atoms with Gasteiger partial charge in [-0.3, -0.25) is 9.59 Å². The van der Waals surface area contributed by atoms with E-state index in [1.807, 2.05) is 37.4 Å². The minimum absolute atomic E-state index is 0.0364. The molecule has 0 aliphatic rings. The number of aryl methyl sites for hydroxylation is 2. The van der Waals surface area contributed by atoms with Gasteiger partial charge in [0.1, 0.15) is 23.8 Å². The number of hydrogen-bond acceptors (Lipinski definition) is 6. The molecule has 0 atom stereocenters. The van der Waals surface area contributed by atoms with Gasteiger partial charge in [-0.1, -0.05) is 6.07 Å². The summed E-state index contributed by atoms with van der Waals surface area (Å²) in [5.74, 6) is 1.11. The summed E-state index contributed by atoms with van der Waals surface area (Å²) in [5, 5.41) is 8.97. The Morgan fingerprint density at radius 1 is 1.40 bits per heavy atom. The van der Waals surface area contributed by atoms with Crippen molar-refractivity contribution in [1.82, 2.24) is 15.1 Å². The molecule has 0 saturated heterocycles. The molecule has 3 heterocycles. The van der Waals surface area contributed by atoms with Crippen molar-refractivity contribution in [3.05, 3.63) is 56.4 Å². The lowest BCUT2D eigenvalue weighted by molar-refractivity contribution is -0.122. The molecule has 0 spiro atoms. The molecule has 0 aliphatic heterocycles. The quantitative estimate of drug-likeness (QED) is 0.727. The number of nitrogens with two attached hydrogens (primary N) is 1. The maximum absolute atomic E-state index is 12.2. The van der Waals surface area contributed by atoms with Gasteiger partial charge in [-0.25, -0.2) is 4.68 Å². The third-order valence-corrected chi connectivity index (χ3v) is 4.53. The first-order valence-electron chi connectivity index (χ1n) is 7.68. The zero-order chi connectivity index (χ0) is 18.0. The first-order chi connectivity index (χ1) is 11.9. The monoisotopic (exact) mass is 358 g/mol. The molecule has 1 amide bonds. The number of nitrogens with one attached hydrogen (secondary N) is 1. The predicted molar refractivity (Wildman–Crippen MR) is 96.3 cm³/mol. The lowest BCUT2D eigenvalue weighted by atomic mass is 10.1. The molecule has 3 aromatic heterocycles. The molecule has 0 bridgehead atoms. The van der Waals surface area contributed by atoms with E-state index in [4.69, 9.17) is 10.2 Å². The summed E-state index contributed by atoms with van der Waals surface area (Å²) < 4.78 is 6.57. The van der Waals surface area contributed by atoms with Gasteiger partial charge in [0.25, 0.3) is 5.56 Å². The Labute approximate surface area is 148 Å². The van der Waals surface area contributed by atoms with Crippen LogP contribution in [0.3, 0.4) is 0 Å². The van der Waals surface area contributed by atoms with Gasteiger partial charge >= 0.3 is 0 Å². The van der Waals surface area contributed by atoms with Gasteiger partial charge in [-0.2, -0.15) is 5.10 Å². The number of nitrogens with zero attached hydrogens (tertiary/aromatic N) is 2. The van der Waals surface area contributed by atoms with Gasteiger partial charge in [-0.15, -0.1) is 11.3 Å². The number of nitrogen functional groups attached to an aromatic ring is 1. The highest BCUT2D eigenvalue weighted by molar-refractivity contribution is 7.09. The fourth-order valence-electron chi connectivity index (χ4n) is 2.48. The number of hydrogen-bond donors (Lipinski definition) is 2. The van der Waals surface area contributed by atoms with Crippen molar-refractivity contribution in [2.24, 2.45) is 0 Å². The van der Waals surface area contributed by atoms with Crippen molar-refractivity contribution in [3.63, 3.8) is 0 Å². The van der Waals surface area contributed by atoms with E-state index in [1.165, 1.54) is 6.07 Å². The number of anilines is 1. The molecule has 0 aliphatic carbocycles. The van der Waals surface area contributed by atoms with E-state index in [0.29, 0.717) is 18.0 Å². The lowest BCUT2D eigenvalue weighted by Gasteiger charge is -2.09. The summed E-state index contributed by atoms with van der Waals surface area (Å²) in [6, 6.07) is 7.16. The average Bonchev–Trinajstić information content (AvgIpc) is 3.19. The van der Waals surface area contributed by atoms with Crippen LogP contribution in [0.2, 0.25) is 0 Å². The topological polar surface area (TPSA) is 103 Å². The van der Waals surface area contributed by atoms with Crippen LogP contribution in [-0.2, 0) is 17.9 Å². The number of rotatable bonds is 5. The smallest absolute Gasteiger partial charge is 0.290 e. The van der Waals surface area contributed by atoms with Gasteiger partial charge in [0.2, 0.25) is 5.91 Å². The maximum Gasteiger partial charge on any atom is 0.290 e. The van der Waals surface area contributed by atoms with Crippen molar-refractivity contribution in [2.45, 2.75) is 26.9 Å². The SMILES string of the molecule is Cc1cc(-c2cc(N)c(=O)n(CC(=O)NCc3cccs3)n2)c(C)o1. The molecule has 0 saturated carbocycles. The Kier molecular flexibility index (Phi) is 4.71. The van der Waals surface area contributed by atoms with Crippen molar-refractivity contribution in [3.8, 4) is 11.3 Å². The van der Waals surface area contributed by atoms with E-state index in [9.17, 15) is 9.59 Å². The summed E-state index contributed by atoms with van der Waals surface area (Å²) in [4.78, 5) is 25.3. The minimum Gasteiger partial charge on any atom is -0.466 e. The van der Waals surface area contributed by atoms with E-state index < -0.39 is 5.56 Å². The third-order valence-electron chi connectivity index (χ3n) is 3.65. The summed E-state index contributed by atoms with van der Waals surface area (Å²) in [6.45, 7) is 3.86. The van der Waals surface area contributed by atoms with Crippen LogP contribution in [0.25, 0.3) is 11.3 Å². The van der Waals surface area contributed by atoms with Crippen molar-refractivity contribution < 1.29 is 9.21 Å². The number of carbonyl (C=O) groups is 1. The van der Waals surface area contributed by atoms with Crippen LogP contribution in [-0.4, -0.2) is 15.7 Å². The van der Waals surface area contributed by atoms with Gasteiger partial charge in [-0.05, 0) is 37.4 Å². The zero-order valence-corrected chi connectivity index (χ0v) is 14.7. The highest BCUT2D eigenvalue weighted by atomic mass is 32.1. The summed E-state index contributed by atoms with van der Waals surface area (Å²) in [6.07, 6.45) is 0. The molecule has 130 valence electrons. The van der Waals surface area contributed by atoms with Crippen molar-refractivity contribution in [1.29, 1.82) is 0 Å². The molecular weight excluding hydrogens is 340 g/mol. The number of thiophene rings is 1. The predicted octanol–water partition coefficient (Wildman–Crippen LogP) is 2.08. The molecule has 3 rings (SSSR count). The van der Waals surface area contributed by atoms with Gasteiger partial charge in [0.05, 0.1) is 12.2 Å².